The average Bonchev–Trinajstić information content (AvgIpc) is 3.10. The van der Waals surface area contributed by atoms with Crippen LogP contribution in [0.5, 0.6) is 0 Å². The van der Waals surface area contributed by atoms with Crippen molar-refractivity contribution in [1.29, 1.82) is 0 Å². The second-order valence-electron chi connectivity index (χ2n) is 6.88. The van der Waals surface area contributed by atoms with E-state index in [-0.39, 0.29) is 11.9 Å². The second-order valence-corrected chi connectivity index (χ2v) is 8.92. The molecule has 1 N–H and O–H groups in total. The zero-order chi connectivity index (χ0) is 16.6. The molecule has 5 nitrogen and oxygen atoms in total. The molecular formula is C17H24N2O3S. The van der Waals surface area contributed by atoms with Gasteiger partial charge in [0.05, 0.1) is 6.26 Å². The fourth-order valence-corrected chi connectivity index (χ4v) is 4.64. The molecule has 23 heavy (non-hydrogen) atoms. The van der Waals surface area contributed by atoms with Crippen LogP contribution in [0.4, 0.5) is 0 Å². The minimum Gasteiger partial charge on any atom is -0.351 e. The first-order valence-electron chi connectivity index (χ1n) is 8.14. The third-order valence-electron chi connectivity index (χ3n) is 5.32. The summed E-state index contributed by atoms with van der Waals surface area (Å²) in [6.07, 6.45) is 5.80. The minimum atomic E-state index is -3.47. The number of nitrogens with zero attached hydrogens (tertiary/aromatic N) is 1. The van der Waals surface area contributed by atoms with Crippen molar-refractivity contribution in [2.24, 2.45) is 11.8 Å². The fourth-order valence-electron chi connectivity index (χ4n) is 4.04. The highest BCUT2D eigenvalue weighted by Gasteiger charge is 2.41. The Balaban J connectivity index is 1.81. The number of carbonyl (C=O) groups is 1. The van der Waals surface area contributed by atoms with Gasteiger partial charge in [0, 0.05) is 13.1 Å². The normalized spacial score (nSPS) is 28.0. The van der Waals surface area contributed by atoms with Crippen molar-refractivity contribution in [3.63, 3.8) is 0 Å². The van der Waals surface area contributed by atoms with Crippen LogP contribution < -0.4 is 5.32 Å². The van der Waals surface area contributed by atoms with Gasteiger partial charge in [-0.25, -0.2) is 8.42 Å². The van der Waals surface area contributed by atoms with Gasteiger partial charge >= 0.3 is 0 Å². The predicted octanol–water partition coefficient (Wildman–Crippen LogP) is 1.92. The second kappa shape index (κ2) is 6.24. The Morgan fingerprint density at radius 1 is 1.22 bits per heavy atom. The predicted molar refractivity (Wildman–Crippen MR) is 89.2 cm³/mol. The smallest absolute Gasteiger partial charge is 0.243 e. The molecule has 1 aromatic carbocycles. The zero-order valence-electron chi connectivity index (χ0n) is 13.6. The van der Waals surface area contributed by atoms with E-state index in [0.717, 1.165) is 22.9 Å². The first-order valence-corrected chi connectivity index (χ1v) is 9.99. The fraction of sp³-hybridized carbons (Fsp3) is 0.588. The Hall–Kier alpha value is -1.40. The lowest BCUT2D eigenvalue weighted by Crippen LogP contribution is -2.46. The number of likely N-dealkylation sites (N-methyl/N-ethyl adjacent to an activating group) is 1. The standard InChI is InChI=1S/C17H24N2O3S/c1-19(23(2,21)22)16(13-6-4-3-5-7-13)17(20)18-15-11-12-8-9-14(15)10-12/h3-7,12,14-16H,8-11H2,1-2H3,(H,18,20)/t12-,14-,15-,16-/m1/s1. The molecule has 4 atom stereocenters. The van der Waals surface area contributed by atoms with Crippen LogP contribution in [0.25, 0.3) is 0 Å². The van der Waals surface area contributed by atoms with Gasteiger partial charge in [0.25, 0.3) is 0 Å². The average molecular weight is 336 g/mol. The van der Waals surface area contributed by atoms with Crippen LogP contribution in [-0.2, 0) is 14.8 Å². The molecule has 126 valence electrons. The van der Waals surface area contributed by atoms with Gasteiger partial charge in [-0.1, -0.05) is 36.8 Å². The van der Waals surface area contributed by atoms with Gasteiger partial charge in [0.2, 0.25) is 15.9 Å². The molecule has 0 spiro atoms. The molecule has 0 heterocycles. The van der Waals surface area contributed by atoms with Gasteiger partial charge in [-0.05, 0) is 36.7 Å². The molecule has 0 saturated heterocycles. The van der Waals surface area contributed by atoms with Crippen LogP contribution >= 0.6 is 0 Å². The van der Waals surface area contributed by atoms with Crippen LogP contribution in [0.3, 0.4) is 0 Å². The highest BCUT2D eigenvalue weighted by Crippen LogP contribution is 2.44. The van der Waals surface area contributed by atoms with Crippen molar-refractivity contribution >= 4 is 15.9 Å². The lowest BCUT2D eigenvalue weighted by atomic mass is 9.94. The van der Waals surface area contributed by atoms with E-state index in [1.54, 1.807) is 12.1 Å². The summed E-state index contributed by atoms with van der Waals surface area (Å²) in [6, 6.07) is 8.48. The largest absolute Gasteiger partial charge is 0.351 e. The Bertz CT molecular complexity index is 674. The molecule has 0 unspecified atom stereocenters. The van der Waals surface area contributed by atoms with Crippen molar-refractivity contribution < 1.29 is 13.2 Å². The van der Waals surface area contributed by atoms with Gasteiger partial charge < -0.3 is 5.32 Å². The summed E-state index contributed by atoms with van der Waals surface area (Å²) in [6.45, 7) is 0. The summed E-state index contributed by atoms with van der Waals surface area (Å²) in [7, 11) is -2.00. The molecule has 2 aliphatic carbocycles. The number of hydrogen-bond acceptors (Lipinski definition) is 3. The number of rotatable bonds is 5. The van der Waals surface area contributed by atoms with Crippen LogP contribution in [0, 0.1) is 11.8 Å². The highest BCUT2D eigenvalue weighted by atomic mass is 32.2. The molecule has 1 aromatic rings. The van der Waals surface area contributed by atoms with Crippen LogP contribution in [0.2, 0.25) is 0 Å². The third-order valence-corrected chi connectivity index (χ3v) is 6.57. The maximum atomic E-state index is 12.8. The first kappa shape index (κ1) is 16.5. The number of carbonyl (C=O) groups excluding carboxylic acids is 1. The summed E-state index contributed by atoms with van der Waals surface area (Å²) in [5.74, 6) is 1.07. The molecule has 0 aromatic heterocycles. The molecule has 0 aliphatic heterocycles. The number of nitrogens with one attached hydrogen (secondary N) is 1. The summed E-state index contributed by atoms with van der Waals surface area (Å²) < 4.78 is 25.1. The van der Waals surface area contributed by atoms with E-state index < -0.39 is 16.1 Å². The van der Waals surface area contributed by atoms with E-state index in [0.29, 0.717) is 11.5 Å². The number of benzene rings is 1. The van der Waals surface area contributed by atoms with Crippen LogP contribution in [-0.4, -0.2) is 38.0 Å². The van der Waals surface area contributed by atoms with Crippen molar-refractivity contribution in [2.75, 3.05) is 13.3 Å². The zero-order valence-corrected chi connectivity index (χ0v) is 14.4. The molecule has 2 fully saturated rings. The van der Waals surface area contributed by atoms with Crippen molar-refractivity contribution in [3.8, 4) is 0 Å². The SMILES string of the molecule is CN([C@@H](C(=O)N[C@@H]1C[C@@H]2CC[C@@H]1C2)c1ccccc1)S(C)(=O)=O. The van der Waals surface area contributed by atoms with Crippen molar-refractivity contribution in [1.82, 2.24) is 9.62 Å². The molecule has 2 aliphatic rings. The lowest BCUT2D eigenvalue weighted by molar-refractivity contribution is -0.125. The summed E-state index contributed by atoms with van der Waals surface area (Å²) in [5.41, 5.74) is 0.695. The molecule has 1 amide bonds. The quantitative estimate of drug-likeness (QED) is 0.893. The van der Waals surface area contributed by atoms with E-state index >= 15 is 0 Å². The molecule has 3 rings (SSSR count). The van der Waals surface area contributed by atoms with E-state index in [1.807, 2.05) is 18.2 Å². The van der Waals surface area contributed by atoms with Crippen LogP contribution in [0.1, 0.15) is 37.3 Å². The van der Waals surface area contributed by atoms with Gasteiger partial charge in [-0.3, -0.25) is 4.79 Å². The molecular weight excluding hydrogens is 312 g/mol. The molecule has 2 bridgehead atoms. The summed E-state index contributed by atoms with van der Waals surface area (Å²) in [4.78, 5) is 12.8. The van der Waals surface area contributed by atoms with E-state index in [1.165, 1.54) is 26.3 Å². The van der Waals surface area contributed by atoms with Crippen molar-refractivity contribution in [3.05, 3.63) is 35.9 Å². The Kier molecular flexibility index (Phi) is 4.47. The lowest BCUT2D eigenvalue weighted by Gasteiger charge is -2.29. The summed E-state index contributed by atoms with van der Waals surface area (Å²) in [5, 5.41) is 3.12. The Morgan fingerprint density at radius 2 is 1.91 bits per heavy atom. The van der Waals surface area contributed by atoms with Gasteiger partial charge in [-0.2, -0.15) is 4.31 Å². The highest BCUT2D eigenvalue weighted by molar-refractivity contribution is 7.88. The maximum Gasteiger partial charge on any atom is 0.243 e. The first-order chi connectivity index (χ1) is 10.9. The number of fused-ring (bicyclic) bond motifs is 2. The Labute approximate surface area is 138 Å². The van der Waals surface area contributed by atoms with Gasteiger partial charge in [0.15, 0.2) is 0 Å². The van der Waals surface area contributed by atoms with Gasteiger partial charge in [0.1, 0.15) is 6.04 Å². The third kappa shape index (κ3) is 3.43. The molecule has 6 heteroatoms. The number of sulfonamides is 1. The van der Waals surface area contributed by atoms with Crippen LogP contribution in [0.15, 0.2) is 30.3 Å². The molecule has 0 radical (unpaired) electrons. The van der Waals surface area contributed by atoms with Gasteiger partial charge in [-0.15, -0.1) is 0 Å². The Morgan fingerprint density at radius 3 is 2.43 bits per heavy atom. The van der Waals surface area contributed by atoms with E-state index in [9.17, 15) is 13.2 Å². The number of hydrogen-bond donors (Lipinski definition) is 1. The number of amides is 1. The molecule has 2 saturated carbocycles. The minimum absolute atomic E-state index is 0.195. The van der Waals surface area contributed by atoms with E-state index in [4.69, 9.17) is 0 Å². The topological polar surface area (TPSA) is 66.5 Å². The summed E-state index contributed by atoms with van der Waals surface area (Å²) >= 11 is 0. The van der Waals surface area contributed by atoms with E-state index in [2.05, 4.69) is 5.32 Å². The van der Waals surface area contributed by atoms with Crippen molar-refractivity contribution in [2.45, 2.75) is 37.8 Å². The maximum absolute atomic E-state index is 12.8. The monoisotopic (exact) mass is 336 g/mol.